The van der Waals surface area contributed by atoms with Crippen LogP contribution in [-0.2, 0) is 26.2 Å². The molecule has 2 amide bonds. The first-order valence-electron chi connectivity index (χ1n) is 13.7. The fourth-order valence-corrected chi connectivity index (χ4v) is 6.27. The maximum Gasteiger partial charge on any atom is 0.243 e. The van der Waals surface area contributed by atoms with Gasteiger partial charge in [0.25, 0.3) is 0 Å². The molecule has 2 aromatic carbocycles. The normalized spacial score (nSPS) is 14.8. The van der Waals surface area contributed by atoms with E-state index in [-0.39, 0.29) is 54.6 Å². The molecule has 0 unspecified atom stereocenters. The smallest absolute Gasteiger partial charge is 0.243 e. The van der Waals surface area contributed by atoms with Crippen molar-refractivity contribution in [1.82, 2.24) is 10.2 Å². The fraction of sp³-hybridized carbons (Fsp3) is 0.517. The maximum atomic E-state index is 13.6. The number of sulfonamides is 1. The summed E-state index contributed by atoms with van der Waals surface area (Å²) in [5.41, 5.74) is 1.06. The third kappa shape index (κ3) is 8.83. The van der Waals surface area contributed by atoms with Crippen LogP contribution in [0.1, 0.15) is 63.9 Å². The number of methoxy groups -OCH3 is 1. The largest absolute Gasteiger partial charge is 0.495 e. The second kappa shape index (κ2) is 14.7. The van der Waals surface area contributed by atoms with Gasteiger partial charge in [0.05, 0.1) is 24.1 Å². The standard InChI is InChI=1S/C29H39ClFN3O5S/c1-4-26(29(36)32-23-9-6-5-7-10-23)33(20-21-12-14-22(31)15-13-21)28(35)11-8-18-34(40(3,37)38)24-16-17-27(39-2)25(30)19-24/h12-17,19,23,26H,4-11,18,20H2,1-3H3,(H,32,36)/t26-/m0/s1. The summed E-state index contributed by atoms with van der Waals surface area (Å²) in [6.45, 7) is 2.04. The average Bonchev–Trinajstić information content (AvgIpc) is 2.91. The lowest BCUT2D eigenvalue weighted by Crippen LogP contribution is -2.51. The third-order valence-corrected chi connectivity index (χ3v) is 8.67. The van der Waals surface area contributed by atoms with Crippen molar-refractivity contribution >= 4 is 39.1 Å². The number of nitrogens with one attached hydrogen (secondary N) is 1. The number of ether oxygens (including phenoxy) is 1. The van der Waals surface area contributed by atoms with Crippen LogP contribution < -0.4 is 14.4 Å². The molecule has 1 fully saturated rings. The van der Waals surface area contributed by atoms with Gasteiger partial charge in [0.1, 0.15) is 17.6 Å². The molecule has 8 nitrogen and oxygen atoms in total. The van der Waals surface area contributed by atoms with Gasteiger partial charge in [0.2, 0.25) is 21.8 Å². The van der Waals surface area contributed by atoms with Crippen LogP contribution in [0, 0.1) is 5.82 Å². The van der Waals surface area contributed by atoms with Crippen molar-refractivity contribution in [3.05, 3.63) is 58.9 Å². The zero-order chi connectivity index (χ0) is 29.3. The number of benzene rings is 2. The monoisotopic (exact) mass is 595 g/mol. The van der Waals surface area contributed by atoms with Crippen molar-refractivity contribution in [2.75, 3.05) is 24.2 Å². The number of carbonyl (C=O) groups is 2. The Hall–Kier alpha value is -2.85. The van der Waals surface area contributed by atoms with Crippen LogP contribution in [0.3, 0.4) is 0 Å². The molecular formula is C29H39ClFN3O5S. The Labute approximate surface area is 241 Å². The minimum atomic E-state index is -3.67. The van der Waals surface area contributed by atoms with Gasteiger partial charge in [-0.25, -0.2) is 12.8 Å². The summed E-state index contributed by atoms with van der Waals surface area (Å²) in [5, 5.41) is 3.40. The maximum absolute atomic E-state index is 13.6. The van der Waals surface area contributed by atoms with Crippen molar-refractivity contribution in [2.24, 2.45) is 0 Å². The molecule has 1 atom stereocenters. The van der Waals surface area contributed by atoms with Crippen LogP contribution in [0.15, 0.2) is 42.5 Å². The predicted molar refractivity (Wildman–Crippen MR) is 155 cm³/mol. The van der Waals surface area contributed by atoms with E-state index >= 15 is 0 Å². The van der Waals surface area contributed by atoms with Gasteiger partial charge in [-0.05, 0) is 61.6 Å². The Kier molecular flexibility index (Phi) is 11.6. The molecule has 40 heavy (non-hydrogen) atoms. The number of hydrogen-bond acceptors (Lipinski definition) is 5. The summed E-state index contributed by atoms with van der Waals surface area (Å²) in [6, 6.07) is 9.92. The molecule has 3 rings (SSSR count). The quantitative estimate of drug-likeness (QED) is 0.339. The lowest BCUT2D eigenvalue weighted by atomic mass is 9.95. The molecule has 1 saturated carbocycles. The van der Waals surface area contributed by atoms with Gasteiger partial charge >= 0.3 is 0 Å². The summed E-state index contributed by atoms with van der Waals surface area (Å²) in [5.74, 6) is -0.447. The zero-order valence-electron chi connectivity index (χ0n) is 23.4. The molecule has 0 saturated heterocycles. The SMILES string of the molecule is CC[C@@H](C(=O)NC1CCCCC1)N(Cc1ccc(F)cc1)C(=O)CCCN(c1ccc(OC)c(Cl)c1)S(C)(=O)=O. The summed E-state index contributed by atoms with van der Waals surface area (Å²) in [7, 11) is -2.20. The van der Waals surface area contributed by atoms with Crippen LogP contribution in [0.25, 0.3) is 0 Å². The summed E-state index contributed by atoms with van der Waals surface area (Å²) >= 11 is 6.22. The minimum absolute atomic E-state index is 0.0182. The topological polar surface area (TPSA) is 96.0 Å². The first-order valence-corrected chi connectivity index (χ1v) is 15.9. The van der Waals surface area contributed by atoms with Gasteiger partial charge in [-0.3, -0.25) is 13.9 Å². The molecule has 2 aromatic rings. The van der Waals surface area contributed by atoms with Gasteiger partial charge in [-0.1, -0.05) is 49.9 Å². The van der Waals surface area contributed by atoms with Crippen molar-refractivity contribution in [1.29, 1.82) is 0 Å². The van der Waals surface area contributed by atoms with Gasteiger partial charge in [-0.2, -0.15) is 0 Å². The number of amides is 2. The van der Waals surface area contributed by atoms with E-state index in [9.17, 15) is 22.4 Å². The fourth-order valence-electron chi connectivity index (χ4n) is 5.06. The highest BCUT2D eigenvalue weighted by atomic mass is 35.5. The Bertz CT molecular complexity index is 1250. The van der Waals surface area contributed by atoms with E-state index in [2.05, 4.69) is 5.32 Å². The molecule has 0 aromatic heterocycles. The molecule has 1 N–H and O–H groups in total. The van der Waals surface area contributed by atoms with E-state index in [1.807, 2.05) is 6.92 Å². The first-order chi connectivity index (χ1) is 19.0. The molecule has 0 heterocycles. The van der Waals surface area contributed by atoms with E-state index in [0.29, 0.717) is 23.4 Å². The Morgan fingerprint density at radius 2 is 1.80 bits per heavy atom. The molecule has 1 aliphatic rings. The number of carbonyl (C=O) groups excluding carboxylic acids is 2. The Balaban J connectivity index is 1.76. The Morgan fingerprint density at radius 3 is 2.38 bits per heavy atom. The highest BCUT2D eigenvalue weighted by Crippen LogP contribution is 2.30. The van der Waals surface area contributed by atoms with Crippen molar-refractivity contribution in [3.8, 4) is 5.75 Å². The number of nitrogens with zero attached hydrogens (tertiary/aromatic N) is 2. The number of hydrogen-bond donors (Lipinski definition) is 1. The summed E-state index contributed by atoms with van der Waals surface area (Å²) in [6.07, 6.45) is 6.87. The van der Waals surface area contributed by atoms with Crippen molar-refractivity contribution in [3.63, 3.8) is 0 Å². The number of anilines is 1. The minimum Gasteiger partial charge on any atom is -0.495 e. The van der Waals surface area contributed by atoms with Gasteiger partial charge in [0, 0.05) is 25.6 Å². The van der Waals surface area contributed by atoms with E-state index in [0.717, 1.165) is 38.4 Å². The molecule has 0 radical (unpaired) electrons. The van der Waals surface area contributed by atoms with Gasteiger partial charge in [0.15, 0.2) is 0 Å². The van der Waals surface area contributed by atoms with Crippen LogP contribution in [0.4, 0.5) is 10.1 Å². The van der Waals surface area contributed by atoms with E-state index in [4.69, 9.17) is 16.3 Å². The average molecular weight is 596 g/mol. The summed E-state index contributed by atoms with van der Waals surface area (Å²) < 4.78 is 45.0. The number of halogens is 2. The molecule has 0 aliphatic heterocycles. The second-order valence-corrected chi connectivity index (χ2v) is 12.5. The highest BCUT2D eigenvalue weighted by Gasteiger charge is 2.30. The number of rotatable bonds is 13. The first kappa shape index (κ1) is 31.7. The van der Waals surface area contributed by atoms with Crippen LogP contribution in [0.5, 0.6) is 5.75 Å². The highest BCUT2D eigenvalue weighted by molar-refractivity contribution is 7.92. The molecular weight excluding hydrogens is 557 g/mol. The van der Waals surface area contributed by atoms with Crippen molar-refractivity contribution in [2.45, 2.75) is 76.9 Å². The lowest BCUT2D eigenvalue weighted by molar-refractivity contribution is -0.141. The van der Waals surface area contributed by atoms with E-state index in [1.165, 1.54) is 34.5 Å². The zero-order valence-corrected chi connectivity index (χ0v) is 24.9. The van der Waals surface area contributed by atoms with E-state index < -0.39 is 16.1 Å². The molecule has 11 heteroatoms. The second-order valence-electron chi connectivity index (χ2n) is 10.2. The van der Waals surface area contributed by atoms with Gasteiger partial charge in [-0.15, -0.1) is 0 Å². The van der Waals surface area contributed by atoms with Crippen LogP contribution >= 0.6 is 11.6 Å². The molecule has 0 bridgehead atoms. The van der Waals surface area contributed by atoms with Crippen LogP contribution in [-0.4, -0.2) is 57.1 Å². The third-order valence-electron chi connectivity index (χ3n) is 7.18. The van der Waals surface area contributed by atoms with E-state index in [1.54, 1.807) is 24.3 Å². The van der Waals surface area contributed by atoms with Crippen LogP contribution in [0.2, 0.25) is 5.02 Å². The molecule has 0 spiro atoms. The summed E-state index contributed by atoms with van der Waals surface area (Å²) in [4.78, 5) is 28.5. The Morgan fingerprint density at radius 1 is 1.12 bits per heavy atom. The van der Waals surface area contributed by atoms with Crippen molar-refractivity contribution < 1.29 is 27.1 Å². The predicted octanol–water partition coefficient (Wildman–Crippen LogP) is 5.29. The molecule has 1 aliphatic carbocycles. The molecule has 220 valence electrons. The lowest BCUT2D eigenvalue weighted by Gasteiger charge is -2.33. The van der Waals surface area contributed by atoms with Gasteiger partial charge < -0.3 is 15.0 Å².